The zero-order valence-electron chi connectivity index (χ0n) is 13.2. The maximum absolute atomic E-state index is 13.5. The molecule has 0 saturated heterocycles. The quantitative estimate of drug-likeness (QED) is 0.851. The summed E-state index contributed by atoms with van der Waals surface area (Å²) >= 11 is 0. The maximum Gasteiger partial charge on any atom is 0.261 e. The van der Waals surface area contributed by atoms with Crippen molar-refractivity contribution in [2.75, 3.05) is 11.4 Å². The molecule has 0 saturated carbocycles. The summed E-state index contributed by atoms with van der Waals surface area (Å²) in [6, 6.07) is 1.31. The van der Waals surface area contributed by atoms with Gasteiger partial charge in [-0.25, -0.2) is 4.39 Å². The van der Waals surface area contributed by atoms with Gasteiger partial charge in [-0.3, -0.25) is 9.48 Å². The van der Waals surface area contributed by atoms with Gasteiger partial charge in [0.05, 0.1) is 35.9 Å². The molecule has 2 atom stereocenters. The van der Waals surface area contributed by atoms with Gasteiger partial charge in [0.2, 0.25) is 0 Å². The zero-order chi connectivity index (χ0) is 16.3. The van der Waals surface area contributed by atoms with E-state index in [0.29, 0.717) is 23.5 Å². The molecule has 2 aromatic rings. The third-order valence-electron chi connectivity index (χ3n) is 3.77. The Labute approximate surface area is 129 Å². The van der Waals surface area contributed by atoms with Crippen molar-refractivity contribution in [3.63, 3.8) is 0 Å². The van der Waals surface area contributed by atoms with Crippen LogP contribution in [0.1, 0.15) is 42.9 Å². The highest BCUT2D eigenvalue weighted by molar-refractivity contribution is 6.06. The van der Waals surface area contributed by atoms with Gasteiger partial charge in [-0.05, 0) is 33.8 Å². The number of hydrogen-bond donors (Lipinski definition) is 0. The van der Waals surface area contributed by atoms with Crippen LogP contribution in [-0.4, -0.2) is 38.6 Å². The first kappa shape index (κ1) is 16.1. The number of rotatable bonds is 5. The molecule has 6 nitrogen and oxygen atoms in total. The summed E-state index contributed by atoms with van der Waals surface area (Å²) in [7, 11) is 0. The third kappa shape index (κ3) is 2.98. The van der Waals surface area contributed by atoms with Crippen LogP contribution in [0, 0.1) is 6.92 Å². The van der Waals surface area contributed by atoms with E-state index in [1.807, 2.05) is 6.92 Å². The first-order valence-electron chi connectivity index (χ1n) is 7.24. The molecule has 0 radical (unpaired) electrons. The van der Waals surface area contributed by atoms with Crippen LogP contribution in [0.25, 0.3) is 0 Å². The van der Waals surface area contributed by atoms with Crippen LogP contribution in [0.2, 0.25) is 0 Å². The molecular weight excluding hydrogens is 285 g/mol. The number of carbonyl (C=O) groups is 1. The summed E-state index contributed by atoms with van der Waals surface area (Å²) in [5.74, 6) is -0.182. The van der Waals surface area contributed by atoms with Gasteiger partial charge in [-0.15, -0.1) is 0 Å². The van der Waals surface area contributed by atoms with Crippen molar-refractivity contribution < 1.29 is 9.18 Å². The summed E-state index contributed by atoms with van der Waals surface area (Å²) in [5, 5.41) is 11.7. The van der Waals surface area contributed by atoms with Gasteiger partial charge < -0.3 is 4.90 Å². The van der Waals surface area contributed by atoms with E-state index < -0.39 is 12.2 Å². The standard InChI is InChI=1S/C15H20FN5O/c1-5-20(13-6-7-17-18-8-13)15(22)14-9-19-21(12(14)4)11(3)10(2)16/h6-11H,5H2,1-4H3/t10-,11-/m0/s1. The minimum Gasteiger partial charge on any atom is -0.307 e. The van der Waals surface area contributed by atoms with Crippen molar-refractivity contribution in [3.8, 4) is 0 Å². The summed E-state index contributed by atoms with van der Waals surface area (Å²) in [4.78, 5) is 14.3. The van der Waals surface area contributed by atoms with Crippen molar-refractivity contribution >= 4 is 11.6 Å². The van der Waals surface area contributed by atoms with E-state index in [9.17, 15) is 9.18 Å². The number of amides is 1. The number of carbonyl (C=O) groups excluding carboxylic acids is 1. The van der Waals surface area contributed by atoms with E-state index in [-0.39, 0.29) is 5.91 Å². The van der Waals surface area contributed by atoms with Crippen LogP contribution in [0.5, 0.6) is 0 Å². The largest absolute Gasteiger partial charge is 0.307 e. The van der Waals surface area contributed by atoms with Crippen molar-refractivity contribution in [1.82, 2.24) is 20.0 Å². The second kappa shape index (κ2) is 6.64. The van der Waals surface area contributed by atoms with E-state index in [1.165, 1.54) is 25.5 Å². The van der Waals surface area contributed by atoms with Crippen LogP contribution >= 0.6 is 0 Å². The second-order valence-electron chi connectivity index (χ2n) is 5.16. The Balaban J connectivity index is 2.33. The number of nitrogens with zero attached hydrogens (tertiary/aromatic N) is 5. The van der Waals surface area contributed by atoms with Crippen LogP contribution in [-0.2, 0) is 0 Å². The van der Waals surface area contributed by atoms with Crippen LogP contribution in [0.3, 0.4) is 0 Å². The Morgan fingerprint density at radius 3 is 2.64 bits per heavy atom. The predicted molar refractivity (Wildman–Crippen MR) is 81.6 cm³/mol. The lowest BCUT2D eigenvalue weighted by molar-refractivity contribution is 0.0987. The van der Waals surface area contributed by atoms with Gasteiger partial charge in [0.1, 0.15) is 6.17 Å². The molecule has 2 rings (SSSR count). The lowest BCUT2D eigenvalue weighted by atomic mass is 10.2. The lowest BCUT2D eigenvalue weighted by Gasteiger charge is -2.20. The minimum absolute atomic E-state index is 0.182. The SMILES string of the molecule is CCN(C(=O)c1cnn([C@@H](C)[C@H](C)F)c1C)c1ccnnc1. The van der Waals surface area contributed by atoms with E-state index in [2.05, 4.69) is 15.3 Å². The molecule has 0 aliphatic carbocycles. The molecule has 0 aliphatic heterocycles. The van der Waals surface area contributed by atoms with E-state index >= 15 is 0 Å². The summed E-state index contributed by atoms with van der Waals surface area (Å²) in [6.07, 6.45) is 3.52. The second-order valence-corrected chi connectivity index (χ2v) is 5.16. The molecule has 0 N–H and O–H groups in total. The number of aromatic nitrogens is 4. The Morgan fingerprint density at radius 1 is 1.36 bits per heavy atom. The topological polar surface area (TPSA) is 63.9 Å². The number of halogens is 1. The molecule has 0 spiro atoms. The molecule has 118 valence electrons. The summed E-state index contributed by atoms with van der Waals surface area (Å²) in [5.41, 5.74) is 1.79. The highest BCUT2D eigenvalue weighted by Crippen LogP contribution is 2.21. The van der Waals surface area contributed by atoms with Crippen LogP contribution in [0.4, 0.5) is 10.1 Å². The normalized spacial score (nSPS) is 13.7. The molecular formula is C15H20FN5O. The highest BCUT2D eigenvalue weighted by Gasteiger charge is 2.24. The van der Waals surface area contributed by atoms with E-state index in [1.54, 1.807) is 29.5 Å². The van der Waals surface area contributed by atoms with Crippen molar-refractivity contribution in [1.29, 1.82) is 0 Å². The predicted octanol–water partition coefficient (Wildman–Crippen LogP) is 2.57. The van der Waals surface area contributed by atoms with Gasteiger partial charge in [0, 0.05) is 12.2 Å². The molecule has 0 bridgehead atoms. The first-order chi connectivity index (χ1) is 10.5. The summed E-state index contributed by atoms with van der Waals surface area (Å²) < 4.78 is 15.0. The number of anilines is 1. The monoisotopic (exact) mass is 305 g/mol. The van der Waals surface area contributed by atoms with E-state index in [4.69, 9.17) is 0 Å². The molecule has 7 heteroatoms. The summed E-state index contributed by atoms with van der Waals surface area (Å²) in [6.45, 7) is 7.36. The first-order valence-corrected chi connectivity index (χ1v) is 7.24. The molecule has 0 unspecified atom stereocenters. The van der Waals surface area contributed by atoms with Gasteiger partial charge in [0.25, 0.3) is 5.91 Å². The zero-order valence-corrected chi connectivity index (χ0v) is 13.2. The molecule has 0 fully saturated rings. The Bertz CT molecular complexity index is 641. The number of alkyl halides is 1. The fourth-order valence-corrected chi connectivity index (χ4v) is 2.27. The molecule has 2 heterocycles. The Morgan fingerprint density at radius 2 is 2.09 bits per heavy atom. The smallest absolute Gasteiger partial charge is 0.261 e. The Hall–Kier alpha value is -2.31. The third-order valence-corrected chi connectivity index (χ3v) is 3.77. The number of hydrogen-bond acceptors (Lipinski definition) is 4. The average Bonchev–Trinajstić information content (AvgIpc) is 2.89. The van der Waals surface area contributed by atoms with E-state index in [0.717, 1.165) is 0 Å². The van der Waals surface area contributed by atoms with Gasteiger partial charge >= 0.3 is 0 Å². The minimum atomic E-state index is -1.05. The highest BCUT2D eigenvalue weighted by atomic mass is 19.1. The lowest BCUT2D eigenvalue weighted by Crippen LogP contribution is -2.31. The van der Waals surface area contributed by atoms with Crippen molar-refractivity contribution in [2.24, 2.45) is 0 Å². The fourth-order valence-electron chi connectivity index (χ4n) is 2.27. The van der Waals surface area contributed by atoms with Crippen LogP contribution in [0.15, 0.2) is 24.7 Å². The Kier molecular flexibility index (Phi) is 4.85. The molecule has 1 amide bonds. The molecule has 0 aliphatic rings. The molecule has 2 aromatic heterocycles. The van der Waals surface area contributed by atoms with Crippen molar-refractivity contribution in [2.45, 2.75) is 39.9 Å². The maximum atomic E-state index is 13.5. The van der Waals surface area contributed by atoms with Gasteiger partial charge in [0.15, 0.2) is 0 Å². The van der Waals surface area contributed by atoms with Gasteiger partial charge in [-0.2, -0.15) is 15.3 Å². The average molecular weight is 305 g/mol. The van der Waals surface area contributed by atoms with Crippen LogP contribution < -0.4 is 4.90 Å². The fraction of sp³-hybridized carbons (Fsp3) is 0.467. The molecule has 22 heavy (non-hydrogen) atoms. The van der Waals surface area contributed by atoms with Crippen molar-refractivity contribution in [3.05, 3.63) is 35.9 Å². The van der Waals surface area contributed by atoms with Gasteiger partial charge in [-0.1, -0.05) is 0 Å². The molecule has 0 aromatic carbocycles.